The van der Waals surface area contributed by atoms with Gasteiger partial charge in [-0.1, -0.05) is 34.6 Å². The van der Waals surface area contributed by atoms with E-state index in [0.29, 0.717) is 42.6 Å². The number of aliphatic carboxylic acids is 1. The number of carboxylic acids is 1. The molecule has 1 aromatic carbocycles. The van der Waals surface area contributed by atoms with Crippen molar-refractivity contribution < 1.29 is 28.5 Å². The lowest BCUT2D eigenvalue weighted by Gasteiger charge is -2.19. The fraction of sp³-hybridized carbons (Fsp3) is 0.450. The van der Waals surface area contributed by atoms with Crippen LogP contribution in [-0.4, -0.2) is 47.1 Å². The van der Waals surface area contributed by atoms with Gasteiger partial charge in [-0.2, -0.15) is 0 Å². The SMILES string of the molecule is CCOP(=S)(OCC)SCSc1cc(Cl)ccc1Cl.NCCC[C@H](N)C(=O)O.Oc1ccco1. The van der Waals surface area contributed by atoms with Crippen LogP contribution in [0, 0.1) is 0 Å². The highest BCUT2D eigenvalue weighted by atomic mass is 35.5. The minimum Gasteiger partial charge on any atom is -0.481 e. The summed E-state index contributed by atoms with van der Waals surface area (Å²) in [5, 5.41) is 18.6. The Bertz CT molecular complexity index is 855. The van der Waals surface area contributed by atoms with Crippen LogP contribution < -0.4 is 11.5 Å². The number of hydrogen-bond acceptors (Lipinski definition) is 10. The molecule has 1 atom stereocenters. The van der Waals surface area contributed by atoms with E-state index in [9.17, 15) is 4.79 Å². The predicted molar refractivity (Wildman–Crippen MR) is 147 cm³/mol. The summed E-state index contributed by atoms with van der Waals surface area (Å²) in [6.45, 7) is 5.46. The first-order valence-electron chi connectivity index (χ1n) is 10.1. The Balaban J connectivity index is 0.000000594. The molecule has 0 radical (unpaired) electrons. The number of rotatable bonds is 12. The van der Waals surface area contributed by atoms with E-state index in [0.717, 1.165) is 9.98 Å². The minimum atomic E-state index is -2.23. The Labute approximate surface area is 223 Å². The third-order valence-electron chi connectivity index (χ3n) is 3.44. The van der Waals surface area contributed by atoms with Crippen LogP contribution in [0.1, 0.15) is 26.7 Å². The van der Waals surface area contributed by atoms with E-state index < -0.39 is 17.7 Å². The molecule has 0 fully saturated rings. The normalized spacial score (nSPS) is 11.6. The molecular formula is C20H31Cl2N2O6PS3. The smallest absolute Gasteiger partial charge is 0.320 e. The van der Waals surface area contributed by atoms with E-state index in [1.807, 2.05) is 19.9 Å². The van der Waals surface area contributed by atoms with Gasteiger partial charge in [0, 0.05) is 16.0 Å². The van der Waals surface area contributed by atoms with Gasteiger partial charge >= 0.3 is 5.97 Å². The monoisotopic (exact) mass is 592 g/mol. The van der Waals surface area contributed by atoms with Crippen molar-refractivity contribution in [3.05, 3.63) is 46.6 Å². The molecule has 0 aliphatic heterocycles. The van der Waals surface area contributed by atoms with E-state index >= 15 is 0 Å². The van der Waals surface area contributed by atoms with Crippen LogP contribution in [0.15, 0.2) is 45.9 Å². The molecule has 0 saturated carbocycles. The Morgan fingerprint density at radius 2 is 1.91 bits per heavy atom. The number of benzene rings is 1. The first-order valence-corrected chi connectivity index (χ1v) is 16.1. The number of aromatic hydroxyl groups is 1. The molecule has 0 saturated heterocycles. The summed E-state index contributed by atoms with van der Waals surface area (Å²) >= 11 is 20.6. The van der Waals surface area contributed by atoms with Gasteiger partial charge in [0.25, 0.3) is 5.95 Å². The van der Waals surface area contributed by atoms with Crippen molar-refractivity contribution in [2.45, 2.75) is 37.6 Å². The van der Waals surface area contributed by atoms with Crippen LogP contribution in [0.2, 0.25) is 10.0 Å². The highest BCUT2D eigenvalue weighted by Crippen LogP contribution is 2.62. The van der Waals surface area contributed by atoms with Gasteiger partial charge in [0.1, 0.15) is 6.04 Å². The Hall–Kier alpha value is -0.460. The molecule has 0 aliphatic carbocycles. The van der Waals surface area contributed by atoms with Crippen LogP contribution in [-0.2, 0) is 25.6 Å². The quantitative estimate of drug-likeness (QED) is 0.127. The Morgan fingerprint density at radius 1 is 1.26 bits per heavy atom. The van der Waals surface area contributed by atoms with Crippen LogP contribution in [0.3, 0.4) is 0 Å². The van der Waals surface area contributed by atoms with Crippen molar-refractivity contribution in [2.75, 3.05) is 24.8 Å². The zero-order chi connectivity index (χ0) is 26.0. The molecule has 1 aromatic heterocycles. The summed E-state index contributed by atoms with van der Waals surface area (Å²) in [7, 11) is 0. The average molecular weight is 594 g/mol. The number of furan rings is 1. The van der Waals surface area contributed by atoms with Gasteiger partial charge in [-0.3, -0.25) is 4.79 Å². The van der Waals surface area contributed by atoms with Crippen molar-refractivity contribution in [1.82, 2.24) is 0 Å². The zero-order valence-electron chi connectivity index (χ0n) is 18.9. The average Bonchev–Trinajstić information content (AvgIpc) is 3.26. The lowest BCUT2D eigenvalue weighted by Crippen LogP contribution is -2.30. The second-order valence-electron chi connectivity index (χ2n) is 6.08. The summed E-state index contributed by atoms with van der Waals surface area (Å²) < 4.78 is 15.5. The van der Waals surface area contributed by atoms with E-state index in [1.165, 1.54) is 23.7 Å². The summed E-state index contributed by atoms with van der Waals surface area (Å²) in [4.78, 5) is 11.0. The molecule has 0 unspecified atom stereocenters. The number of halogens is 2. The van der Waals surface area contributed by atoms with Gasteiger partial charge in [-0.15, -0.1) is 11.8 Å². The maximum absolute atomic E-state index is 10.0. The van der Waals surface area contributed by atoms with Gasteiger partial charge in [0.2, 0.25) is 5.69 Å². The number of carbonyl (C=O) groups is 1. The minimum absolute atomic E-state index is 0.0324. The largest absolute Gasteiger partial charge is 0.481 e. The highest BCUT2D eigenvalue weighted by Gasteiger charge is 2.19. The molecule has 0 aliphatic rings. The molecule has 2 aromatic rings. The maximum Gasteiger partial charge on any atom is 0.320 e. The van der Waals surface area contributed by atoms with E-state index in [2.05, 4.69) is 4.42 Å². The summed E-state index contributed by atoms with van der Waals surface area (Å²) in [5.41, 5.74) is 8.05. The third-order valence-corrected chi connectivity index (χ3v) is 11.2. The fourth-order valence-corrected chi connectivity index (χ4v) is 9.44. The first kappa shape index (κ1) is 33.5. The second-order valence-corrected chi connectivity index (χ2v) is 14.6. The van der Waals surface area contributed by atoms with Crippen molar-refractivity contribution in [3.63, 3.8) is 0 Å². The molecule has 6 N–H and O–H groups in total. The van der Waals surface area contributed by atoms with Gasteiger partial charge in [-0.05, 0) is 69.3 Å². The lowest BCUT2D eigenvalue weighted by molar-refractivity contribution is -0.138. The van der Waals surface area contributed by atoms with E-state index in [-0.39, 0.29) is 5.95 Å². The summed E-state index contributed by atoms with van der Waals surface area (Å²) in [6, 6.07) is 7.76. The predicted octanol–water partition coefficient (Wildman–Crippen LogP) is 6.20. The van der Waals surface area contributed by atoms with Crippen LogP contribution in [0.4, 0.5) is 0 Å². The standard InChI is InChI=1S/C11H15Cl2O2PS3.C5H12N2O2.C4H4O2/c1-3-14-16(17,15-4-2)19-8-18-11-7-9(12)5-6-10(11)13;6-3-1-2-4(7)5(8)9;5-4-2-1-3-6-4/h5-7H,3-4,8H2,1-2H3;4H,1-3,6-7H2,(H,8,9);1-3,5H/t;4-;/m.0./s1. The van der Waals surface area contributed by atoms with E-state index in [4.69, 9.17) is 65.7 Å². The lowest BCUT2D eigenvalue weighted by atomic mass is 10.2. The molecule has 0 spiro atoms. The van der Waals surface area contributed by atoms with Crippen molar-refractivity contribution >= 4 is 69.8 Å². The number of thioether (sulfide) groups is 1. The third kappa shape index (κ3) is 16.3. The van der Waals surface area contributed by atoms with Crippen LogP contribution in [0.25, 0.3) is 0 Å². The molecule has 0 amide bonds. The number of nitrogens with two attached hydrogens (primary N) is 2. The molecule has 0 bridgehead atoms. The second kappa shape index (κ2) is 19.7. The Kier molecular flexibility index (Phi) is 19.4. The number of hydrogen-bond donors (Lipinski definition) is 4. The van der Waals surface area contributed by atoms with Gasteiger partial charge in [0.15, 0.2) is 0 Å². The summed E-state index contributed by atoms with van der Waals surface area (Å²) in [6.07, 6.45) is 2.55. The zero-order valence-corrected chi connectivity index (χ0v) is 23.7. The summed E-state index contributed by atoms with van der Waals surface area (Å²) in [5.74, 6) is -0.988. The van der Waals surface area contributed by atoms with Gasteiger partial charge in [-0.25, -0.2) is 0 Å². The van der Waals surface area contributed by atoms with Crippen molar-refractivity contribution in [2.24, 2.45) is 11.5 Å². The molecule has 14 heteroatoms. The Morgan fingerprint density at radius 3 is 2.35 bits per heavy atom. The van der Waals surface area contributed by atoms with Crippen molar-refractivity contribution in [3.8, 4) is 5.95 Å². The van der Waals surface area contributed by atoms with Crippen LogP contribution in [0.5, 0.6) is 5.95 Å². The fourth-order valence-electron chi connectivity index (χ4n) is 1.90. The molecule has 2 rings (SSSR count). The van der Waals surface area contributed by atoms with Gasteiger partial charge < -0.3 is 35.1 Å². The van der Waals surface area contributed by atoms with Gasteiger partial charge in [0.05, 0.1) is 29.6 Å². The molecule has 34 heavy (non-hydrogen) atoms. The maximum atomic E-state index is 10.0. The van der Waals surface area contributed by atoms with Crippen LogP contribution >= 0.6 is 52.0 Å². The first-order chi connectivity index (χ1) is 16.1. The number of carboxylic acid groups (broad SMARTS) is 1. The van der Waals surface area contributed by atoms with E-state index in [1.54, 1.807) is 30.0 Å². The molecule has 1 heterocycles. The molecule has 194 valence electrons. The topological polar surface area (TPSA) is 141 Å². The highest BCUT2D eigenvalue weighted by molar-refractivity contribution is 8.69. The molecular weight excluding hydrogens is 562 g/mol. The molecule has 8 nitrogen and oxygen atoms in total. The van der Waals surface area contributed by atoms with Crippen molar-refractivity contribution in [1.29, 1.82) is 0 Å².